The lowest BCUT2D eigenvalue weighted by molar-refractivity contribution is 0.156. The summed E-state index contributed by atoms with van der Waals surface area (Å²) in [5, 5.41) is 13.1. The maximum atomic E-state index is 9.53. The first kappa shape index (κ1) is 13.4. The van der Waals surface area contributed by atoms with Gasteiger partial charge in [-0.3, -0.25) is 0 Å². The quantitative estimate of drug-likeness (QED) is 0.843. The van der Waals surface area contributed by atoms with Gasteiger partial charge in [0.15, 0.2) is 0 Å². The number of phenolic OH excluding ortho intramolecular Hbond substituents is 1. The van der Waals surface area contributed by atoms with E-state index in [4.69, 9.17) is 4.74 Å². The van der Waals surface area contributed by atoms with Gasteiger partial charge in [-0.25, -0.2) is 0 Å². The van der Waals surface area contributed by atoms with E-state index in [1.54, 1.807) is 13.2 Å². The number of fused-ring (bicyclic) bond motifs is 1. The lowest BCUT2D eigenvalue weighted by Crippen LogP contribution is -2.30. The molecule has 18 heavy (non-hydrogen) atoms. The molecule has 0 aliphatic heterocycles. The molecule has 100 valence electrons. The minimum absolute atomic E-state index is 0.377. The molecule has 0 aromatic heterocycles. The normalized spacial score (nSPS) is 20.4. The number of phenols is 1. The fraction of sp³-hybridized carbons (Fsp3) is 0.600. The van der Waals surface area contributed by atoms with E-state index >= 15 is 0 Å². The Balaban J connectivity index is 1.99. The number of aryl methyl sites for hydroxylation is 1. The molecule has 0 saturated heterocycles. The molecule has 2 atom stereocenters. The number of aromatic hydroxyl groups is 1. The molecule has 0 radical (unpaired) electrons. The Bertz CT molecular complexity index is 392. The van der Waals surface area contributed by atoms with Crippen molar-refractivity contribution in [2.75, 3.05) is 20.3 Å². The SMILES string of the molecule is COCC(C)CNC1CCCc2cc(O)ccc21. The van der Waals surface area contributed by atoms with Crippen LogP contribution in [-0.2, 0) is 11.2 Å². The molecule has 1 aliphatic rings. The largest absolute Gasteiger partial charge is 0.508 e. The molecule has 2 unspecified atom stereocenters. The predicted octanol–water partition coefficient (Wildman–Crippen LogP) is 2.64. The molecule has 1 aliphatic carbocycles. The second kappa shape index (κ2) is 6.21. The predicted molar refractivity (Wildman–Crippen MR) is 72.8 cm³/mol. The highest BCUT2D eigenvalue weighted by Gasteiger charge is 2.20. The van der Waals surface area contributed by atoms with Crippen LogP contribution < -0.4 is 5.32 Å². The van der Waals surface area contributed by atoms with Crippen molar-refractivity contribution < 1.29 is 9.84 Å². The third kappa shape index (κ3) is 3.24. The van der Waals surface area contributed by atoms with E-state index < -0.39 is 0 Å². The number of nitrogens with one attached hydrogen (secondary N) is 1. The highest BCUT2D eigenvalue weighted by Crippen LogP contribution is 2.31. The monoisotopic (exact) mass is 249 g/mol. The van der Waals surface area contributed by atoms with Crippen molar-refractivity contribution in [3.63, 3.8) is 0 Å². The molecule has 0 spiro atoms. The van der Waals surface area contributed by atoms with Crippen LogP contribution in [0.1, 0.15) is 36.9 Å². The zero-order chi connectivity index (χ0) is 13.0. The summed E-state index contributed by atoms with van der Waals surface area (Å²) in [7, 11) is 1.75. The third-order valence-electron chi connectivity index (χ3n) is 3.60. The van der Waals surface area contributed by atoms with Crippen LogP contribution in [-0.4, -0.2) is 25.4 Å². The van der Waals surface area contributed by atoms with Gasteiger partial charge in [0.25, 0.3) is 0 Å². The van der Waals surface area contributed by atoms with Crippen LogP contribution in [0.2, 0.25) is 0 Å². The Morgan fingerprint density at radius 3 is 3.11 bits per heavy atom. The summed E-state index contributed by atoms with van der Waals surface area (Å²) in [4.78, 5) is 0. The smallest absolute Gasteiger partial charge is 0.115 e. The van der Waals surface area contributed by atoms with Crippen molar-refractivity contribution in [2.24, 2.45) is 5.92 Å². The van der Waals surface area contributed by atoms with Crippen molar-refractivity contribution >= 4 is 0 Å². The Hall–Kier alpha value is -1.06. The summed E-state index contributed by atoms with van der Waals surface area (Å²) in [6.07, 6.45) is 3.44. The molecule has 2 N–H and O–H groups in total. The molecule has 0 bridgehead atoms. The number of rotatable bonds is 5. The van der Waals surface area contributed by atoms with Gasteiger partial charge in [0, 0.05) is 26.3 Å². The van der Waals surface area contributed by atoms with Gasteiger partial charge in [0.1, 0.15) is 5.75 Å². The average Bonchev–Trinajstić information content (AvgIpc) is 2.36. The molecule has 3 heteroatoms. The van der Waals surface area contributed by atoms with E-state index in [0.29, 0.717) is 17.7 Å². The molecule has 1 aromatic carbocycles. The second-order valence-electron chi connectivity index (χ2n) is 5.30. The van der Waals surface area contributed by atoms with Crippen molar-refractivity contribution in [3.05, 3.63) is 29.3 Å². The van der Waals surface area contributed by atoms with Crippen LogP contribution in [0.5, 0.6) is 5.75 Å². The molecular weight excluding hydrogens is 226 g/mol. The molecule has 0 heterocycles. The molecule has 1 aromatic rings. The first-order valence-corrected chi connectivity index (χ1v) is 6.75. The van der Waals surface area contributed by atoms with Gasteiger partial charge in [-0.15, -0.1) is 0 Å². The van der Waals surface area contributed by atoms with Gasteiger partial charge in [0.05, 0.1) is 0 Å². The van der Waals surface area contributed by atoms with Crippen LogP contribution in [0.25, 0.3) is 0 Å². The maximum Gasteiger partial charge on any atom is 0.115 e. The summed E-state index contributed by atoms with van der Waals surface area (Å²) >= 11 is 0. The molecule has 2 rings (SSSR count). The van der Waals surface area contributed by atoms with Crippen molar-refractivity contribution in [1.29, 1.82) is 0 Å². The van der Waals surface area contributed by atoms with Gasteiger partial charge < -0.3 is 15.2 Å². The van der Waals surface area contributed by atoms with Crippen LogP contribution in [0.4, 0.5) is 0 Å². The summed E-state index contributed by atoms with van der Waals surface area (Å²) in [5.74, 6) is 0.902. The molecule has 0 amide bonds. The number of hydrogen-bond donors (Lipinski definition) is 2. The van der Waals surface area contributed by atoms with Crippen molar-refractivity contribution in [3.8, 4) is 5.75 Å². The Morgan fingerprint density at radius 2 is 2.33 bits per heavy atom. The van der Waals surface area contributed by atoms with Gasteiger partial charge in [-0.05, 0) is 48.4 Å². The van der Waals surface area contributed by atoms with E-state index in [9.17, 15) is 5.11 Å². The van der Waals surface area contributed by atoms with Crippen LogP contribution in [0.15, 0.2) is 18.2 Å². The van der Waals surface area contributed by atoms with Gasteiger partial charge in [-0.2, -0.15) is 0 Å². The minimum Gasteiger partial charge on any atom is -0.508 e. The summed E-state index contributed by atoms with van der Waals surface area (Å²) in [5.41, 5.74) is 2.64. The Morgan fingerprint density at radius 1 is 1.50 bits per heavy atom. The lowest BCUT2D eigenvalue weighted by Gasteiger charge is -2.27. The first-order chi connectivity index (χ1) is 8.70. The molecular formula is C15H23NO2. The lowest BCUT2D eigenvalue weighted by atomic mass is 9.87. The Kier molecular flexibility index (Phi) is 4.61. The molecule has 0 saturated carbocycles. The Labute approximate surface area is 109 Å². The molecule has 0 fully saturated rings. The standard InChI is InChI=1S/C15H23NO2/c1-11(10-18-2)9-16-15-5-3-4-12-8-13(17)6-7-14(12)15/h6-8,11,15-17H,3-5,9-10H2,1-2H3. The number of benzene rings is 1. The first-order valence-electron chi connectivity index (χ1n) is 6.75. The van der Waals surface area contributed by atoms with E-state index in [0.717, 1.165) is 19.6 Å². The fourth-order valence-corrected chi connectivity index (χ4v) is 2.70. The van der Waals surface area contributed by atoms with Gasteiger partial charge in [0.2, 0.25) is 0 Å². The summed E-state index contributed by atoms with van der Waals surface area (Å²) in [6.45, 7) is 3.96. The van der Waals surface area contributed by atoms with Crippen LogP contribution in [0.3, 0.4) is 0 Å². The number of hydrogen-bond acceptors (Lipinski definition) is 3. The van der Waals surface area contributed by atoms with Crippen molar-refractivity contribution in [2.45, 2.75) is 32.2 Å². The van der Waals surface area contributed by atoms with E-state index in [2.05, 4.69) is 18.3 Å². The molecule has 3 nitrogen and oxygen atoms in total. The van der Waals surface area contributed by atoms with Crippen molar-refractivity contribution in [1.82, 2.24) is 5.32 Å². The van der Waals surface area contributed by atoms with Gasteiger partial charge in [-0.1, -0.05) is 13.0 Å². The second-order valence-corrected chi connectivity index (χ2v) is 5.30. The average molecular weight is 249 g/mol. The minimum atomic E-state index is 0.377. The van der Waals surface area contributed by atoms with Crippen LogP contribution >= 0.6 is 0 Å². The number of methoxy groups -OCH3 is 1. The topological polar surface area (TPSA) is 41.5 Å². The van der Waals surface area contributed by atoms with E-state index in [-0.39, 0.29) is 0 Å². The third-order valence-corrected chi connectivity index (χ3v) is 3.60. The van der Waals surface area contributed by atoms with E-state index in [1.165, 1.54) is 24.0 Å². The van der Waals surface area contributed by atoms with E-state index in [1.807, 2.05) is 6.07 Å². The highest BCUT2D eigenvalue weighted by molar-refractivity contribution is 5.38. The summed E-state index contributed by atoms with van der Waals surface area (Å²) in [6, 6.07) is 6.18. The zero-order valence-corrected chi connectivity index (χ0v) is 11.3. The highest BCUT2D eigenvalue weighted by atomic mass is 16.5. The zero-order valence-electron chi connectivity index (χ0n) is 11.3. The fourth-order valence-electron chi connectivity index (χ4n) is 2.70. The van der Waals surface area contributed by atoms with Crippen LogP contribution in [0, 0.1) is 5.92 Å². The number of ether oxygens (including phenoxy) is 1. The summed E-state index contributed by atoms with van der Waals surface area (Å²) < 4.78 is 5.16. The maximum absolute atomic E-state index is 9.53. The van der Waals surface area contributed by atoms with Gasteiger partial charge >= 0.3 is 0 Å².